The van der Waals surface area contributed by atoms with E-state index in [1.165, 1.54) is 24.3 Å². The van der Waals surface area contributed by atoms with Gasteiger partial charge in [-0.1, -0.05) is 24.3 Å². The van der Waals surface area contributed by atoms with Crippen LogP contribution < -0.4 is 0 Å². The number of halogens is 1. The zero-order valence-corrected chi connectivity index (χ0v) is 16.7. The van der Waals surface area contributed by atoms with E-state index in [-0.39, 0.29) is 16.6 Å². The van der Waals surface area contributed by atoms with E-state index < -0.39 is 15.3 Å². The van der Waals surface area contributed by atoms with Gasteiger partial charge in [0.05, 0.1) is 16.4 Å². The van der Waals surface area contributed by atoms with Gasteiger partial charge in [-0.2, -0.15) is 5.26 Å². The third-order valence-corrected chi connectivity index (χ3v) is 5.86. The van der Waals surface area contributed by atoms with Crippen LogP contribution in [0.25, 0.3) is 0 Å². The number of hydrogen-bond acceptors (Lipinski definition) is 4. The molecule has 0 spiro atoms. The highest BCUT2D eigenvalue weighted by molar-refractivity contribution is 7.94. The number of amides is 1. The van der Waals surface area contributed by atoms with Crippen molar-refractivity contribution in [2.45, 2.75) is 30.7 Å². The Balaban J connectivity index is 2.20. The zero-order chi connectivity index (χ0) is 20.9. The Kier molecular flexibility index (Phi) is 6.37. The second-order valence-corrected chi connectivity index (χ2v) is 8.75. The molecule has 0 heterocycles. The van der Waals surface area contributed by atoms with Crippen molar-refractivity contribution in [3.63, 3.8) is 0 Å². The summed E-state index contributed by atoms with van der Waals surface area (Å²) in [6.07, 6.45) is 0.904. The maximum Gasteiger partial charge on any atom is 0.232 e. The van der Waals surface area contributed by atoms with Gasteiger partial charge < -0.3 is 4.90 Å². The quantitative estimate of drug-likeness (QED) is 0.695. The van der Waals surface area contributed by atoms with Gasteiger partial charge in [0.15, 0.2) is 0 Å². The summed E-state index contributed by atoms with van der Waals surface area (Å²) in [5.74, 6) is -0.491. The molecule has 1 amide bonds. The van der Waals surface area contributed by atoms with Crippen LogP contribution in [0.15, 0.2) is 64.9 Å². The third-order valence-electron chi connectivity index (χ3n) is 4.44. The molecule has 2 aromatic carbocycles. The predicted molar refractivity (Wildman–Crippen MR) is 104 cm³/mol. The maximum absolute atomic E-state index is 13.0. The highest BCUT2D eigenvalue weighted by atomic mass is 32.2. The van der Waals surface area contributed by atoms with Crippen molar-refractivity contribution < 1.29 is 17.6 Å². The summed E-state index contributed by atoms with van der Waals surface area (Å²) in [6, 6.07) is 13.6. The van der Waals surface area contributed by atoms with Gasteiger partial charge in [-0.15, -0.1) is 0 Å². The van der Waals surface area contributed by atoms with E-state index in [1.807, 2.05) is 0 Å². The molecule has 0 atom stereocenters. The first-order chi connectivity index (χ1) is 13.1. The van der Waals surface area contributed by atoms with E-state index in [4.69, 9.17) is 5.26 Å². The molecule has 0 bridgehead atoms. The summed E-state index contributed by atoms with van der Waals surface area (Å²) >= 11 is 0. The molecule has 2 aromatic rings. The van der Waals surface area contributed by atoms with Crippen molar-refractivity contribution in [3.8, 4) is 6.07 Å². The van der Waals surface area contributed by atoms with Crippen LogP contribution >= 0.6 is 0 Å². The molecular weight excluding hydrogens is 379 g/mol. The van der Waals surface area contributed by atoms with E-state index in [0.717, 1.165) is 17.0 Å². The second-order valence-electron chi connectivity index (χ2n) is 6.91. The highest BCUT2D eigenvalue weighted by Crippen LogP contribution is 2.27. The number of carbonyl (C=O) groups is 1. The number of benzene rings is 2. The summed E-state index contributed by atoms with van der Waals surface area (Å²) < 4.78 is 37.2. The largest absolute Gasteiger partial charge is 0.341 e. The molecule has 0 aliphatic rings. The van der Waals surface area contributed by atoms with Crippen molar-refractivity contribution in [1.29, 1.82) is 5.26 Å². The van der Waals surface area contributed by atoms with Gasteiger partial charge in [-0.3, -0.25) is 4.79 Å². The third kappa shape index (κ3) is 4.84. The first kappa shape index (κ1) is 21.3. The number of sulfone groups is 1. The van der Waals surface area contributed by atoms with Crippen molar-refractivity contribution in [2.75, 3.05) is 7.05 Å². The van der Waals surface area contributed by atoms with E-state index in [9.17, 15) is 17.6 Å². The van der Waals surface area contributed by atoms with Crippen molar-refractivity contribution >= 4 is 15.7 Å². The van der Waals surface area contributed by atoms with Gasteiger partial charge in [0, 0.05) is 25.1 Å². The molecule has 2 rings (SSSR count). The lowest BCUT2D eigenvalue weighted by Crippen LogP contribution is -2.41. The number of nitriles is 1. The Labute approximate surface area is 164 Å². The average Bonchev–Trinajstić information content (AvgIpc) is 2.67. The van der Waals surface area contributed by atoms with Crippen molar-refractivity contribution in [3.05, 3.63) is 77.0 Å². The maximum atomic E-state index is 13.0. The Morgan fingerprint density at radius 1 is 1.14 bits per heavy atom. The topological polar surface area (TPSA) is 78.2 Å². The summed E-state index contributed by atoms with van der Waals surface area (Å²) in [6.45, 7) is 3.85. The summed E-state index contributed by atoms with van der Waals surface area (Å²) in [5.41, 5.74) is 0.574. The molecule has 0 saturated heterocycles. The van der Waals surface area contributed by atoms with Crippen LogP contribution in [-0.2, 0) is 26.6 Å². The van der Waals surface area contributed by atoms with Crippen LogP contribution in [0.2, 0.25) is 0 Å². The Hall–Kier alpha value is -2.98. The number of hydrogen-bond donors (Lipinski definition) is 0. The molecule has 0 unspecified atom stereocenters. The molecule has 0 fully saturated rings. The minimum atomic E-state index is -3.69. The number of carbonyl (C=O) groups excluding carboxylic acids is 1. The van der Waals surface area contributed by atoms with Gasteiger partial charge >= 0.3 is 0 Å². The van der Waals surface area contributed by atoms with E-state index >= 15 is 0 Å². The second kappa shape index (κ2) is 8.36. The molecule has 0 aromatic heterocycles. The monoisotopic (exact) mass is 400 g/mol. The van der Waals surface area contributed by atoms with Crippen molar-refractivity contribution in [1.82, 2.24) is 4.90 Å². The van der Waals surface area contributed by atoms with Crippen LogP contribution in [-0.4, -0.2) is 26.3 Å². The fourth-order valence-electron chi connectivity index (χ4n) is 2.80. The normalized spacial score (nSPS) is 12.0. The first-order valence-corrected chi connectivity index (χ1v) is 10.0. The molecule has 28 heavy (non-hydrogen) atoms. The Morgan fingerprint density at radius 2 is 1.71 bits per heavy atom. The van der Waals surface area contributed by atoms with Crippen LogP contribution in [0.4, 0.5) is 4.39 Å². The first-order valence-electron chi connectivity index (χ1n) is 8.50. The molecule has 0 radical (unpaired) electrons. The van der Waals surface area contributed by atoms with E-state index in [2.05, 4.69) is 0 Å². The minimum absolute atomic E-state index is 0.0469. The summed E-state index contributed by atoms with van der Waals surface area (Å²) in [7, 11) is -2.03. The number of likely N-dealkylation sites (N-methyl/N-ethyl adjacent to an activating group) is 1. The van der Waals surface area contributed by atoms with Crippen LogP contribution in [0.5, 0.6) is 0 Å². The van der Waals surface area contributed by atoms with Crippen LogP contribution in [0.3, 0.4) is 0 Å². The van der Waals surface area contributed by atoms with Crippen molar-refractivity contribution in [2.24, 2.45) is 0 Å². The molecule has 0 N–H and O–H groups in total. The van der Waals surface area contributed by atoms with Gasteiger partial charge in [-0.05, 0) is 49.2 Å². The zero-order valence-electron chi connectivity index (χ0n) is 15.9. The SMILES string of the molecule is CN(Cc1ccc(F)cc1)C(=O)C(C)(C)c1ccc(S(=O)(=O)C=CC#N)cc1. The number of nitrogens with zero attached hydrogens (tertiary/aromatic N) is 2. The van der Waals surface area contributed by atoms with Gasteiger partial charge in [-0.25, -0.2) is 12.8 Å². The smallest absolute Gasteiger partial charge is 0.232 e. The highest BCUT2D eigenvalue weighted by Gasteiger charge is 2.32. The van der Waals surface area contributed by atoms with E-state index in [1.54, 1.807) is 56.1 Å². The van der Waals surface area contributed by atoms with Crippen LogP contribution in [0.1, 0.15) is 25.0 Å². The van der Waals surface area contributed by atoms with Crippen LogP contribution in [0, 0.1) is 17.1 Å². The molecule has 0 aliphatic heterocycles. The number of allylic oxidation sites excluding steroid dienone is 1. The molecular formula is C21H21FN2O3S. The fourth-order valence-corrected chi connectivity index (χ4v) is 3.71. The lowest BCUT2D eigenvalue weighted by Gasteiger charge is -2.30. The number of rotatable bonds is 6. The fraction of sp³-hybridized carbons (Fsp3) is 0.238. The van der Waals surface area contributed by atoms with Gasteiger partial charge in [0.25, 0.3) is 0 Å². The average molecular weight is 400 g/mol. The predicted octanol–water partition coefficient (Wildman–Crippen LogP) is 3.57. The molecule has 0 aliphatic carbocycles. The van der Waals surface area contributed by atoms with Gasteiger partial charge in [0.2, 0.25) is 15.7 Å². The molecule has 5 nitrogen and oxygen atoms in total. The summed E-state index contributed by atoms with van der Waals surface area (Å²) in [5, 5.41) is 9.34. The Morgan fingerprint density at radius 3 is 2.25 bits per heavy atom. The standard InChI is InChI=1S/C21H21FN2O3S/c1-21(2,20(25)24(3)15-16-5-9-18(22)10-6-16)17-7-11-19(12-8-17)28(26,27)14-4-13-23/h4-12,14H,15H2,1-3H3. The lowest BCUT2D eigenvalue weighted by molar-refractivity contribution is -0.135. The Bertz CT molecular complexity index is 1020. The minimum Gasteiger partial charge on any atom is -0.341 e. The van der Waals surface area contributed by atoms with E-state index in [0.29, 0.717) is 12.1 Å². The molecule has 146 valence electrons. The van der Waals surface area contributed by atoms with Gasteiger partial charge in [0.1, 0.15) is 5.82 Å². The lowest BCUT2D eigenvalue weighted by atomic mass is 9.83. The molecule has 0 saturated carbocycles. The summed E-state index contributed by atoms with van der Waals surface area (Å²) in [4.78, 5) is 14.5. The molecule has 7 heteroatoms.